The number of carbonyl (C=O) groups excluding carboxylic acids is 2. The van der Waals surface area contributed by atoms with Gasteiger partial charge < -0.3 is 15.6 Å². The molecular formula is C24H35N3O4. The van der Waals surface area contributed by atoms with Crippen molar-refractivity contribution < 1.29 is 19.4 Å². The Bertz CT molecular complexity index is 870. The topological polar surface area (TPSA) is 105 Å². The number of hydrogen-bond acceptors (Lipinski definition) is 5. The molecule has 4 N–H and O–H groups in total. The van der Waals surface area contributed by atoms with Crippen molar-refractivity contribution in [3.05, 3.63) is 29.3 Å². The van der Waals surface area contributed by atoms with Crippen LogP contribution < -0.4 is 15.8 Å². The molecule has 0 bridgehead atoms. The highest BCUT2D eigenvalue weighted by molar-refractivity contribution is 5.94. The number of methoxy groups -OCH3 is 1. The van der Waals surface area contributed by atoms with Gasteiger partial charge in [-0.05, 0) is 88.1 Å². The van der Waals surface area contributed by atoms with Gasteiger partial charge in [0.05, 0.1) is 12.7 Å². The Morgan fingerprint density at radius 1 is 1.29 bits per heavy atom. The van der Waals surface area contributed by atoms with Crippen molar-refractivity contribution >= 4 is 11.9 Å². The number of rotatable bonds is 5. The molecule has 4 rings (SSSR count). The zero-order valence-electron chi connectivity index (χ0n) is 18.8. The van der Waals surface area contributed by atoms with Gasteiger partial charge in [0.15, 0.2) is 0 Å². The van der Waals surface area contributed by atoms with Crippen molar-refractivity contribution in [1.29, 1.82) is 0 Å². The average Bonchev–Trinajstić information content (AvgIpc) is 3.55. The summed E-state index contributed by atoms with van der Waals surface area (Å²) in [7, 11) is 1.64. The zero-order valence-corrected chi connectivity index (χ0v) is 18.8. The van der Waals surface area contributed by atoms with E-state index in [0.29, 0.717) is 19.3 Å². The van der Waals surface area contributed by atoms with Crippen LogP contribution in [0.25, 0.3) is 0 Å². The third-order valence-electron chi connectivity index (χ3n) is 8.13. The van der Waals surface area contributed by atoms with Crippen LogP contribution in [0, 0.1) is 18.8 Å². The highest BCUT2D eigenvalue weighted by Gasteiger charge is 2.62. The summed E-state index contributed by atoms with van der Waals surface area (Å²) in [5.74, 6) is 0.770. The van der Waals surface area contributed by atoms with Gasteiger partial charge in [0.25, 0.3) is 0 Å². The van der Waals surface area contributed by atoms with Crippen molar-refractivity contribution in [2.24, 2.45) is 17.6 Å². The molecule has 7 nitrogen and oxygen atoms in total. The fourth-order valence-corrected chi connectivity index (χ4v) is 6.14. The molecule has 3 amide bonds. The van der Waals surface area contributed by atoms with Crippen molar-refractivity contribution in [3.63, 3.8) is 0 Å². The van der Waals surface area contributed by atoms with E-state index in [1.807, 2.05) is 18.2 Å². The van der Waals surface area contributed by atoms with Gasteiger partial charge in [0.2, 0.25) is 5.91 Å². The number of nitrogens with one attached hydrogen (secondary N) is 1. The van der Waals surface area contributed by atoms with Crippen LogP contribution in [0.3, 0.4) is 0 Å². The molecule has 31 heavy (non-hydrogen) atoms. The number of piperidine rings is 1. The predicted octanol–water partition coefficient (Wildman–Crippen LogP) is 2.47. The molecule has 4 atom stereocenters. The van der Waals surface area contributed by atoms with Crippen LogP contribution in [-0.4, -0.2) is 53.8 Å². The first-order valence-electron chi connectivity index (χ1n) is 11.4. The van der Waals surface area contributed by atoms with Crippen molar-refractivity contribution in [1.82, 2.24) is 10.2 Å². The van der Waals surface area contributed by atoms with Gasteiger partial charge in [0.1, 0.15) is 5.75 Å². The molecular weight excluding hydrogens is 394 g/mol. The van der Waals surface area contributed by atoms with E-state index in [2.05, 4.69) is 24.1 Å². The summed E-state index contributed by atoms with van der Waals surface area (Å²) < 4.78 is 5.51. The second-order valence-electron chi connectivity index (χ2n) is 9.84. The van der Waals surface area contributed by atoms with Crippen LogP contribution in [-0.2, 0) is 10.2 Å². The standard InChI is InChI=1S/C24H35N3O4/c1-15-4-7-19(31-3)12-20(15)23-10-11-27(14-17-5-6-17)16(2)24(23,30)9-8-18(13-23)21(28)26-22(25)29/h4,7,12,16-18,30H,5-6,8-11,13-14H2,1-3H3,(H3,25,26,28,29)/t16?,18?,23-,24?/m1/s1. The highest BCUT2D eigenvalue weighted by atomic mass is 16.5. The van der Waals surface area contributed by atoms with Gasteiger partial charge in [-0.3, -0.25) is 15.0 Å². The number of ether oxygens (including phenoxy) is 1. The van der Waals surface area contributed by atoms with Crippen molar-refractivity contribution in [2.75, 3.05) is 20.2 Å². The molecule has 2 aliphatic carbocycles. The van der Waals surface area contributed by atoms with Gasteiger partial charge in [-0.15, -0.1) is 0 Å². The number of aryl methyl sites for hydroxylation is 1. The Morgan fingerprint density at radius 2 is 2.03 bits per heavy atom. The molecule has 1 aliphatic heterocycles. The number of fused-ring (bicyclic) bond motifs is 1. The molecule has 2 saturated carbocycles. The second kappa shape index (κ2) is 8.10. The quantitative estimate of drug-likeness (QED) is 0.667. The Hall–Kier alpha value is -2.12. The summed E-state index contributed by atoms with van der Waals surface area (Å²) in [6.45, 7) is 6.09. The van der Waals surface area contributed by atoms with E-state index in [4.69, 9.17) is 10.5 Å². The van der Waals surface area contributed by atoms with Crippen LogP contribution in [0.2, 0.25) is 0 Å². The molecule has 1 aromatic carbocycles. The first-order chi connectivity index (χ1) is 14.7. The molecule has 0 radical (unpaired) electrons. The van der Waals surface area contributed by atoms with E-state index in [1.165, 1.54) is 12.8 Å². The van der Waals surface area contributed by atoms with Gasteiger partial charge in [-0.25, -0.2) is 4.79 Å². The lowest BCUT2D eigenvalue weighted by molar-refractivity contribution is -0.167. The Labute approximate surface area is 184 Å². The molecule has 0 aromatic heterocycles. The fraction of sp³-hybridized carbons (Fsp3) is 0.667. The van der Waals surface area contributed by atoms with Crippen molar-refractivity contribution in [3.8, 4) is 5.75 Å². The molecule has 3 aliphatic rings. The van der Waals surface area contributed by atoms with Crippen LogP contribution in [0.1, 0.15) is 56.6 Å². The fourth-order valence-electron chi connectivity index (χ4n) is 6.14. The number of hydrogen-bond donors (Lipinski definition) is 3. The number of benzene rings is 1. The minimum absolute atomic E-state index is 0.0207. The normalized spacial score (nSPS) is 33.4. The van der Waals surface area contributed by atoms with E-state index >= 15 is 0 Å². The summed E-state index contributed by atoms with van der Waals surface area (Å²) in [6.07, 6.45) is 4.83. The first kappa shape index (κ1) is 22.1. The predicted molar refractivity (Wildman–Crippen MR) is 118 cm³/mol. The number of carbonyl (C=O) groups is 2. The molecule has 1 aromatic rings. The Kier molecular flexibility index (Phi) is 5.77. The lowest BCUT2D eigenvalue weighted by Crippen LogP contribution is -2.70. The molecule has 1 heterocycles. The number of primary amides is 1. The third-order valence-corrected chi connectivity index (χ3v) is 8.13. The molecule has 7 heteroatoms. The summed E-state index contributed by atoms with van der Waals surface area (Å²) in [6, 6.07) is 5.13. The average molecular weight is 430 g/mol. The van der Waals surface area contributed by atoms with Gasteiger partial charge in [-0.2, -0.15) is 0 Å². The lowest BCUT2D eigenvalue weighted by atomic mass is 9.51. The summed E-state index contributed by atoms with van der Waals surface area (Å²) in [4.78, 5) is 26.5. The maximum Gasteiger partial charge on any atom is 0.318 e. The van der Waals surface area contributed by atoms with Crippen LogP contribution in [0.4, 0.5) is 4.79 Å². The van der Waals surface area contributed by atoms with Gasteiger partial charge >= 0.3 is 6.03 Å². The van der Waals surface area contributed by atoms with Gasteiger partial charge in [-0.1, -0.05) is 6.07 Å². The van der Waals surface area contributed by atoms with E-state index in [1.54, 1.807) is 7.11 Å². The summed E-state index contributed by atoms with van der Waals surface area (Å²) in [5, 5.41) is 14.6. The smallest absolute Gasteiger partial charge is 0.318 e. The van der Waals surface area contributed by atoms with E-state index in [0.717, 1.165) is 42.3 Å². The van der Waals surface area contributed by atoms with E-state index in [-0.39, 0.29) is 17.9 Å². The molecule has 0 spiro atoms. The summed E-state index contributed by atoms with van der Waals surface area (Å²) >= 11 is 0. The molecule has 3 unspecified atom stereocenters. The maximum atomic E-state index is 12.7. The largest absolute Gasteiger partial charge is 0.497 e. The maximum absolute atomic E-state index is 12.7. The van der Waals surface area contributed by atoms with Crippen LogP contribution in [0.5, 0.6) is 5.75 Å². The monoisotopic (exact) mass is 429 g/mol. The Morgan fingerprint density at radius 3 is 2.68 bits per heavy atom. The SMILES string of the molecule is COc1ccc(C)c([C@]23CCN(CC4CC4)C(C)C2(O)CCC(C(=O)NC(N)=O)C3)c1. The number of likely N-dealkylation sites (tertiary alicyclic amines) is 1. The number of imide groups is 1. The van der Waals surface area contributed by atoms with E-state index in [9.17, 15) is 14.7 Å². The number of nitrogens with two attached hydrogens (primary N) is 1. The zero-order chi connectivity index (χ0) is 22.4. The van der Waals surface area contributed by atoms with Gasteiger partial charge in [0, 0.05) is 23.9 Å². The minimum atomic E-state index is -0.971. The number of urea groups is 1. The number of amides is 3. The lowest BCUT2D eigenvalue weighted by Gasteiger charge is -2.61. The van der Waals surface area contributed by atoms with E-state index < -0.39 is 17.0 Å². The van der Waals surface area contributed by atoms with Crippen LogP contribution in [0.15, 0.2) is 18.2 Å². The van der Waals surface area contributed by atoms with Crippen LogP contribution >= 0.6 is 0 Å². The first-order valence-corrected chi connectivity index (χ1v) is 11.4. The van der Waals surface area contributed by atoms with Crippen molar-refractivity contribution in [2.45, 2.75) is 69.4 Å². The Balaban J connectivity index is 1.76. The molecule has 3 fully saturated rings. The third kappa shape index (κ3) is 3.82. The summed E-state index contributed by atoms with van der Waals surface area (Å²) in [5.41, 5.74) is 5.77. The molecule has 170 valence electrons. The second-order valence-corrected chi connectivity index (χ2v) is 9.84. The number of nitrogens with zero attached hydrogens (tertiary/aromatic N) is 1. The minimum Gasteiger partial charge on any atom is -0.497 e. The highest BCUT2D eigenvalue weighted by Crippen LogP contribution is 2.56. The number of aliphatic hydroxyl groups is 1. The molecule has 1 saturated heterocycles.